The van der Waals surface area contributed by atoms with E-state index in [1.807, 2.05) is 12.1 Å². The van der Waals surface area contributed by atoms with Crippen LogP contribution in [-0.2, 0) is 19.5 Å². The van der Waals surface area contributed by atoms with E-state index in [0.29, 0.717) is 0 Å². The molecule has 0 aliphatic rings. The van der Waals surface area contributed by atoms with Crippen molar-refractivity contribution in [3.05, 3.63) is 53.6 Å². The van der Waals surface area contributed by atoms with E-state index < -0.39 is 0 Å². The predicted octanol–water partition coefficient (Wildman–Crippen LogP) is 4.64. The Morgan fingerprint density at radius 3 is 2.62 bits per heavy atom. The van der Waals surface area contributed by atoms with Gasteiger partial charge in [-0.05, 0) is 49.8 Å². The maximum Gasteiger partial charge on any atom is 0.243 e. The van der Waals surface area contributed by atoms with Gasteiger partial charge in [0.15, 0.2) is 0 Å². The molecule has 1 aromatic heterocycles. The first-order valence-corrected chi connectivity index (χ1v) is 8.45. The lowest BCUT2D eigenvalue weighted by Gasteiger charge is -2.01. The maximum atomic E-state index is 5.90. The van der Waals surface area contributed by atoms with E-state index in [-0.39, 0.29) is 0 Å². The quantitative estimate of drug-likeness (QED) is 0.471. The zero-order valence-electron chi connectivity index (χ0n) is 13.0. The molecule has 0 radical (unpaired) electrons. The molecule has 1 heterocycles. The second kappa shape index (κ2) is 8.89. The second-order valence-corrected chi connectivity index (χ2v) is 6.12. The molecule has 0 fully saturated rings. The summed E-state index contributed by atoms with van der Waals surface area (Å²) in [5.74, 6) is 0. The molecular formula is C18H26ClN2+. The molecule has 21 heavy (non-hydrogen) atoms. The molecule has 0 amide bonds. The van der Waals surface area contributed by atoms with Crippen LogP contribution in [0.5, 0.6) is 0 Å². The molecule has 0 saturated carbocycles. The Morgan fingerprint density at radius 2 is 1.86 bits per heavy atom. The molecule has 0 N–H and O–H groups in total. The molecular weight excluding hydrogens is 280 g/mol. The summed E-state index contributed by atoms with van der Waals surface area (Å²) >= 11 is 5.90. The standard InChI is InChI=1S/C18H26ClN2/c1-2-3-5-12-20-14-15-21(16-20)13-6-4-7-17-8-10-18(19)11-9-17/h8-11,14-16H,2-7,12-13H2,1H3/q+1. The number of benzene rings is 1. The minimum atomic E-state index is 0.818. The lowest BCUT2D eigenvalue weighted by atomic mass is 10.1. The van der Waals surface area contributed by atoms with Crippen molar-refractivity contribution in [2.24, 2.45) is 0 Å². The van der Waals surface area contributed by atoms with Gasteiger partial charge in [-0.2, -0.15) is 0 Å². The first-order valence-electron chi connectivity index (χ1n) is 8.07. The highest BCUT2D eigenvalue weighted by atomic mass is 35.5. The molecule has 114 valence electrons. The van der Waals surface area contributed by atoms with Gasteiger partial charge in [0.1, 0.15) is 12.4 Å². The van der Waals surface area contributed by atoms with Gasteiger partial charge in [0.2, 0.25) is 6.33 Å². The summed E-state index contributed by atoms with van der Waals surface area (Å²) in [5, 5.41) is 0.818. The maximum absolute atomic E-state index is 5.90. The van der Waals surface area contributed by atoms with E-state index in [0.717, 1.165) is 24.5 Å². The van der Waals surface area contributed by atoms with Gasteiger partial charge in [-0.15, -0.1) is 0 Å². The molecule has 0 aliphatic carbocycles. The predicted molar refractivity (Wildman–Crippen MR) is 88.5 cm³/mol. The fraction of sp³-hybridized carbons (Fsp3) is 0.500. The van der Waals surface area contributed by atoms with Crippen molar-refractivity contribution in [2.45, 2.75) is 58.5 Å². The number of nitrogens with zero attached hydrogens (tertiary/aromatic N) is 2. The molecule has 2 aromatic rings. The van der Waals surface area contributed by atoms with Crippen molar-refractivity contribution in [3.8, 4) is 0 Å². The van der Waals surface area contributed by atoms with Crippen LogP contribution in [0.4, 0.5) is 0 Å². The highest BCUT2D eigenvalue weighted by Crippen LogP contribution is 2.11. The minimum Gasteiger partial charge on any atom is -0.237 e. The van der Waals surface area contributed by atoms with Crippen molar-refractivity contribution >= 4 is 11.6 Å². The van der Waals surface area contributed by atoms with Crippen LogP contribution in [0.15, 0.2) is 43.0 Å². The Labute approximate surface area is 133 Å². The number of aromatic nitrogens is 2. The van der Waals surface area contributed by atoms with E-state index in [4.69, 9.17) is 11.6 Å². The molecule has 1 aromatic carbocycles. The second-order valence-electron chi connectivity index (χ2n) is 5.68. The summed E-state index contributed by atoms with van der Waals surface area (Å²) < 4.78 is 4.60. The molecule has 2 nitrogen and oxygen atoms in total. The zero-order chi connectivity index (χ0) is 14.9. The summed E-state index contributed by atoms with van der Waals surface area (Å²) in [4.78, 5) is 0. The third-order valence-corrected chi connectivity index (χ3v) is 4.06. The van der Waals surface area contributed by atoms with Crippen molar-refractivity contribution in [2.75, 3.05) is 0 Å². The van der Waals surface area contributed by atoms with E-state index >= 15 is 0 Å². The number of unbranched alkanes of at least 4 members (excludes halogenated alkanes) is 3. The van der Waals surface area contributed by atoms with E-state index in [9.17, 15) is 0 Å². The van der Waals surface area contributed by atoms with Crippen LogP contribution in [0.1, 0.15) is 44.6 Å². The van der Waals surface area contributed by atoms with Gasteiger partial charge >= 0.3 is 0 Å². The first-order chi connectivity index (χ1) is 10.3. The molecule has 0 unspecified atom stereocenters. The monoisotopic (exact) mass is 305 g/mol. The smallest absolute Gasteiger partial charge is 0.237 e. The molecule has 0 bridgehead atoms. The van der Waals surface area contributed by atoms with Gasteiger partial charge in [-0.25, -0.2) is 9.13 Å². The summed E-state index contributed by atoms with van der Waals surface area (Å²) in [6.45, 7) is 4.50. The van der Waals surface area contributed by atoms with Crippen LogP contribution in [0.3, 0.4) is 0 Å². The van der Waals surface area contributed by atoms with Gasteiger partial charge in [0, 0.05) is 5.02 Å². The number of halogens is 1. The summed E-state index contributed by atoms with van der Waals surface area (Å²) in [7, 11) is 0. The summed E-state index contributed by atoms with van der Waals surface area (Å²) in [5.41, 5.74) is 1.38. The Morgan fingerprint density at radius 1 is 1.05 bits per heavy atom. The van der Waals surface area contributed by atoms with Gasteiger partial charge in [-0.3, -0.25) is 0 Å². The number of hydrogen-bond acceptors (Lipinski definition) is 0. The third kappa shape index (κ3) is 5.92. The number of aryl methyl sites for hydroxylation is 3. The van der Waals surface area contributed by atoms with Crippen LogP contribution in [0.2, 0.25) is 5.02 Å². The van der Waals surface area contributed by atoms with E-state index in [1.54, 1.807) is 0 Å². The van der Waals surface area contributed by atoms with Crippen LogP contribution >= 0.6 is 11.6 Å². The van der Waals surface area contributed by atoms with E-state index in [2.05, 4.69) is 46.9 Å². The number of hydrogen-bond donors (Lipinski definition) is 0. The van der Waals surface area contributed by atoms with Gasteiger partial charge in [-0.1, -0.05) is 37.1 Å². The third-order valence-electron chi connectivity index (χ3n) is 3.81. The Bertz CT molecular complexity index is 516. The molecule has 0 spiro atoms. The average Bonchev–Trinajstić information content (AvgIpc) is 2.94. The van der Waals surface area contributed by atoms with Gasteiger partial charge in [0.25, 0.3) is 0 Å². The molecule has 0 aliphatic heterocycles. The average molecular weight is 306 g/mol. The molecule has 3 heteroatoms. The van der Waals surface area contributed by atoms with Crippen molar-refractivity contribution < 1.29 is 4.57 Å². The van der Waals surface area contributed by atoms with Gasteiger partial charge < -0.3 is 0 Å². The van der Waals surface area contributed by atoms with E-state index in [1.165, 1.54) is 37.7 Å². The fourth-order valence-electron chi connectivity index (χ4n) is 2.52. The largest absolute Gasteiger partial charge is 0.243 e. The topological polar surface area (TPSA) is 8.81 Å². The highest BCUT2D eigenvalue weighted by Gasteiger charge is 2.03. The molecule has 0 atom stereocenters. The Kier molecular flexibility index (Phi) is 6.81. The van der Waals surface area contributed by atoms with Crippen molar-refractivity contribution in [3.63, 3.8) is 0 Å². The highest BCUT2D eigenvalue weighted by molar-refractivity contribution is 6.30. The lowest BCUT2D eigenvalue weighted by molar-refractivity contribution is -0.696. The van der Waals surface area contributed by atoms with Crippen molar-refractivity contribution in [1.82, 2.24) is 4.57 Å². The SMILES string of the molecule is CCCCC[n+]1ccn(CCCCc2ccc(Cl)cc2)c1. The molecule has 0 saturated heterocycles. The lowest BCUT2D eigenvalue weighted by Crippen LogP contribution is -2.30. The Hall–Kier alpha value is -1.28. The minimum absolute atomic E-state index is 0.818. The van der Waals surface area contributed by atoms with Crippen LogP contribution in [0, 0.1) is 0 Å². The van der Waals surface area contributed by atoms with Crippen LogP contribution < -0.4 is 4.57 Å². The first kappa shape index (κ1) is 16.1. The van der Waals surface area contributed by atoms with Gasteiger partial charge in [0.05, 0.1) is 13.1 Å². The molecule has 2 rings (SSSR count). The normalized spacial score (nSPS) is 11.0. The summed E-state index contributed by atoms with van der Waals surface area (Å²) in [6.07, 6.45) is 14.1. The Balaban J connectivity index is 1.65. The van der Waals surface area contributed by atoms with Crippen LogP contribution in [0.25, 0.3) is 0 Å². The fourth-order valence-corrected chi connectivity index (χ4v) is 2.65. The summed E-state index contributed by atoms with van der Waals surface area (Å²) in [6, 6.07) is 8.20. The number of rotatable bonds is 9. The van der Waals surface area contributed by atoms with Crippen LogP contribution in [-0.4, -0.2) is 4.57 Å². The zero-order valence-corrected chi connectivity index (χ0v) is 13.7. The number of imidazole rings is 1. The van der Waals surface area contributed by atoms with Crippen molar-refractivity contribution in [1.29, 1.82) is 0 Å².